The molecule has 4 aliphatic rings. The van der Waals surface area contributed by atoms with Crippen LogP contribution >= 0.6 is 11.3 Å². The lowest BCUT2D eigenvalue weighted by atomic mass is 9.93. The molecule has 3 saturated carbocycles. The Bertz CT molecular complexity index is 1740. The van der Waals surface area contributed by atoms with E-state index in [0.717, 1.165) is 46.7 Å². The van der Waals surface area contributed by atoms with E-state index in [0.29, 0.717) is 25.1 Å². The van der Waals surface area contributed by atoms with Gasteiger partial charge < -0.3 is 15.0 Å². The molecule has 2 aromatic rings. The van der Waals surface area contributed by atoms with E-state index in [2.05, 4.69) is 27.3 Å². The highest BCUT2D eigenvalue weighted by Gasteiger charge is 2.62. The van der Waals surface area contributed by atoms with E-state index in [9.17, 15) is 27.6 Å². The first-order chi connectivity index (χ1) is 22.9. The number of thiazole rings is 1. The van der Waals surface area contributed by atoms with Crippen molar-refractivity contribution in [2.75, 3.05) is 18.9 Å². The summed E-state index contributed by atoms with van der Waals surface area (Å²) in [6.07, 6.45) is 8.82. The van der Waals surface area contributed by atoms with Crippen molar-refractivity contribution in [3.63, 3.8) is 0 Å². The summed E-state index contributed by atoms with van der Waals surface area (Å²) in [5, 5.41) is 5.89. The fourth-order valence-corrected chi connectivity index (χ4v) is 8.98. The quantitative estimate of drug-likeness (QED) is 0.361. The maximum absolute atomic E-state index is 14.0. The van der Waals surface area contributed by atoms with Crippen molar-refractivity contribution < 1.29 is 32.3 Å². The topological polar surface area (TPSA) is 164 Å². The van der Waals surface area contributed by atoms with Gasteiger partial charge in [0.15, 0.2) is 0 Å². The van der Waals surface area contributed by atoms with Crippen LogP contribution in [0.5, 0.6) is 0 Å². The van der Waals surface area contributed by atoms with Gasteiger partial charge in [-0.25, -0.2) is 18.2 Å². The number of carbonyl (C=O) groups is 4. The standard InChI is InChI=1S/C34H43N5O7S2/c1-4-23-19-35-30(47-23)25-13-10-20(2)15-28(25)36-33(43)46-22-16-26-27(17-22)31(41)39(3)14-8-6-5-7-9-21-18-34(21,37-29(26)40)32(42)38-48(44,45)24-11-12-24/h7,9-10,13,15,19,21-22,24,26-27H,4-6,8,11-12,14,16-18H2,1-3H3,(H,36,43)(H,37,40)(H,38,42)/b9-7-/t21-,22+,26+,27+,34+/m0/s1. The second-order valence-corrected chi connectivity index (χ2v) is 16.6. The molecule has 1 aliphatic heterocycles. The van der Waals surface area contributed by atoms with Gasteiger partial charge in [-0.05, 0) is 82.4 Å². The Morgan fingerprint density at radius 3 is 2.67 bits per heavy atom. The Morgan fingerprint density at radius 1 is 1.17 bits per heavy atom. The van der Waals surface area contributed by atoms with Gasteiger partial charge in [0.25, 0.3) is 5.91 Å². The van der Waals surface area contributed by atoms with Crippen LogP contribution in [0.15, 0.2) is 36.5 Å². The zero-order valence-electron chi connectivity index (χ0n) is 27.5. The van der Waals surface area contributed by atoms with Gasteiger partial charge in [0, 0.05) is 36.1 Å². The monoisotopic (exact) mass is 697 g/mol. The summed E-state index contributed by atoms with van der Waals surface area (Å²) < 4.78 is 33.4. The van der Waals surface area contributed by atoms with Crippen LogP contribution in [0.4, 0.5) is 10.5 Å². The largest absolute Gasteiger partial charge is 0.446 e. The van der Waals surface area contributed by atoms with Crippen LogP contribution in [-0.4, -0.2) is 72.6 Å². The summed E-state index contributed by atoms with van der Waals surface area (Å²) in [5.41, 5.74) is 0.819. The number of nitrogens with one attached hydrogen (secondary N) is 3. The summed E-state index contributed by atoms with van der Waals surface area (Å²) in [6.45, 7) is 4.49. The normalized spacial score (nSPS) is 28.4. The van der Waals surface area contributed by atoms with Crippen molar-refractivity contribution in [2.45, 2.75) is 88.5 Å². The number of ether oxygens (including phenoxy) is 1. The minimum absolute atomic E-state index is 0.0785. The molecule has 1 aromatic carbocycles. The van der Waals surface area contributed by atoms with Crippen molar-refractivity contribution in [1.29, 1.82) is 0 Å². The van der Waals surface area contributed by atoms with Crippen molar-refractivity contribution >= 4 is 50.9 Å². The predicted molar refractivity (Wildman–Crippen MR) is 181 cm³/mol. The Kier molecular flexibility index (Phi) is 9.67. The molecule has 0 radical (unpaired) electrons. The number of anilines is 1. The molecule has 258 valence electrons. The maximum atomic E-state index is 14.0. The van der Waals surface area contributed by atoms with Gasteiger partial charge in [-0.15, -0.1) is 11.3 Å². The summed E-state index contributed by atoms with van der Waals surface area (Å²) in [5.74, 6) is -3.55. The van der Waals surface area contributed by atoms with Crippen LogP contribution < -0.4 is 15.4 Å². The third-order valence-electron chi connectivity index (χ3n) is 9.81. The van der Waals surface area contributed by atoms with E-state index in [1.807, 2.05) is 43.5 Å². The molecule has 3 fully saturated rings. The number of aryl methyl sites for hydroxylation is 2. The van der Waals surface area contributed by atoms with Gasteiger partial charge in [-0.3, -0.25) is 24.4 Å². The third-order valence-corrected chi connectivity index (χ3v) is 12.8. The first-order valence-electron chi connectivity index (χ1n) is 16.7. The van der Waals surface area contributed by atoms with Gasteiger partial charge in [0.2, 0.25) is 21.8 Å². The van der Waals surface area contributed by atoms with Crippen LogP contribution in [0, 0.1) is 24.7 Å². The second-order valence-electron chi connectivity index (χ2n) is 13.5. The summed E-state index contributed by atoms with van der Waals surface area (Å²) in [6, 6.07) is 5.70. The second kappa shape index (κ2) is 13.6. The van der Waals surface area contributed by atoms with Crippen LogP contribution in [0.1, 0.15) is 68.7 Å². The van der Waals surface area contributed by atoms with Crippen LogP contribution in [-0.2, 0) is 35.6 Å². The van der Waals surface area contributed by atoms with Gasteiger partial charge in [0.05, 0.1) is 22.8 Å². The highest BCUT2D eigenvalue weighted by atomic mass is 32.2. The number of allylic oxidation sites excluding steroid dienone is 1. The number of sulfonamides is 1. The number of nitrogens with zero attached hydrogens (tertiary/aromatic N) is 2. The number of hydrogen-bond acceptors (Lipinski definition) is 9. The molecule has 4 amide bonds. The summed E-state index contributed by atoms with van der Waals surface area (Å²) in [7, 11) is -2.13. The number of fused-ring (bicyclic) bond motifs is 2. The number of amides is 4. The molecule has 0 saturated heterocycles. The third kappa shape index (κ3) is 7.29. The molecule has 12 nitrogen and oxygen atoms in total. The van der Waals surface area contributed by atoms with Crippen molar-refractivity contribution in [2.24, 2.45) is 17.8 Å². The van der Waals surface area contributed by atoms with Gasteiger partial charge in [0.1, 0.15) is 16.7 Å². The maximum Gasteiger partial charge on any atom is 0.411 e. The van der Waals surface area contributed by atoms with Crippen molar-refractivity contribution in [3.05, 3.63) is 47.0 Å². The molecule has 2 heterocycles. The lowest BCUT2D eigenvalue weighted by molar-refractivity contribution is -0.140. The number of carbonyl (C=O) groups excluding carboxylic acids is 4. The minimum Gasteiger partial charge on any atom is -0.446 e. The van der Waals surface area contributed by atoms with Crippen LogP contribution in [0.2, 0.25) is 0 Å². The molecule has 14 heteroatoms. The van der Waals surface area contributed by atoms with E-state index < -0.39 is 56.7 Å². The Morgan fingerprint density at radius 2 is 1.94 bits per heavy atom. The van der Waals surface area contributed by atoms with Crippen molar-refractivity contribution in [1.82, 2.24) is 19.9 Å². The average molecular weight is 698 g/mol. The van der Waals surface area contributed by atoms with Gasteiger partial charge in [-0.2, -0.15) is 0 Å². The number of aromatic nitrogens is 1. The Hall–Kier alpha value is -3.78. The molecule has 3 aliphatic carbocycles. The smallest absolute Gasteiger partial charge is 0.411 e. The molecule has 48 heavy (non-hydrogen) atoms. The molecule has 0 spiro atoms. The van der Waals surface area contributed by atoms with E-state index in [1.165, 1.54) is 0 Å². The van der Waals surface area contributed by atoms with E-state index >= 15 is 0 Å². The molecule has 5 atom stereocenters. The molecular weight excluding hydrogens is 655 g/mol. The van der Waals surface area contributed by atoms with E-state index in [4.69, 9.17) is 4.74 Å². The highest BCUT2D eigenvalue weighted by Crippen LogP contribution is 2.47. The number of hydrogen-bond donors (Lipinski definition) is 3. The Balaban J connectivity index is 1.20. The Labute approximate surface area is 285 Å². The lowest BCUT2D eigenvalue weighted by Crippen LogP contribution is -2.54. The predicted octanol–water partition coefficient (Wildman–Crippen LogP) is 4.31. The molecule has 3 N–H and O–H groups in total. The molecule has 0 bridgehead atoms. The van der Waals surface area contributed by atoms with Gasteiger partial charge in [-0.1, -0.05) is 25.1 Å². The molecule has 6 rings (SSSR count). The minimum atomic E-state index is -3.83. The fraction of sp³-hybridized carbons (Fsp3) is 0.559. The van der Waals surface area contributed by atoms with E-state index in [1.54, 1.807) is 23.3 Å². The zero-order valence-corrected chi connectivity index (χ0v) is 29.1. The summed E-state index contributed by atoms with van der Waals surface area (Å²) >= 11 is 1.55. The van der Waals surface area contributed by atoms with Gasteiger partial charge >= 0.3 is 6.09 Å². The van der Waals surface area contributed by atoms with Crippen LogP contribution in [0.25, 0.3) is 10.6 Å². The first-order valence-corrected chi connectivity index (χ1v) is 19.1. The zero-order chi connectivity index (χ0) is 34.2. The van der Waals surface area contributed by atoms with E-state index in [-0.39, 0.29) is 31.1 Å². The fourth-order valence-electron chi connectivity index (χ4n) is 6.73. The molecule has 0 unspecified atom stereocenters. The number of benzene rings is 1. The highest BCUT2D eigenvalue weighted by molar-refractivity contribution is 7.91. The summed E-state index contributed by atoms with van der Waals surface area (Å²) in [4.78, 5) is 61.7. The average Bonchev–Trinajstić information content (AvgIpc) is 3.92. The van der Waals surface area contributed by atoms with Crippen LogP contribution in [0.3, 0.4) is 0 Å². The number of rotatable bonds is 7. The molecular formula is C34H43N5O7S2. The first kappa shape index (κ1) is 34.1. The SMILES string of the molecule is CCc1cnc(-c2ccc(C)cc2NC(=O)O[C@@H]2C[C@H]3C(=O)N[C@]4(C(=O)NS(=O)(=O)C5CC5)C[C@@H]4/C=C\CCCCN(C)C(=O)[C@@H]3C2)s1. The van der Waals surface area contributed by atoms with Crippen molar-refractivity contribution in [3.8, 4) is 10.6 Å². The lowest BCUT2D eigenvalue weighted by Gasteiger charge is -2.26. The molecule has 1 aromatic heterocycles.